The molecule has 0 saturated carbocycles. The molecule has 1 unspecified atom stereocenters. The van der Waals surface area contributed by atoms with Crippen molar-refractivity contribution in [2.24, 2.45) is 5.73 Å². The molecule has 0 spiro atoms. The normalized spacial score (nSPS) is 18.6. The summed E-state index contributed by atoms with van der Waals surface area (Å²) >= 11 is 0. The Morgan fingerprint density at radius 1 is 1.33 bits per heavy atom. The van der Waals surface area contributed by atoms with E-state index >= 15 is 0 Å². The molecule has 1 heterocycles. The van der Waals surface area contributed by atoms with Gasteiger partial charge in [-0.05, 0) is 43.7 Å². The van der Waals surface area contributed by atoms with Crippen LogP contribution in [0.3, 0.4) is 0 Å². The number of primary amides is 1. The maximum atomic E-state index is 11.7. The van der Waals surface area contributed by atoms with E-state index in [1.807, 2.05) is 0 Å². The van der Waals surface area contributed by atoms with Crippen molar-refractivity contribution in [3.8, 4) is 0 Å². The van der Waals surface area contributed by atoms with Crippen LogP contribution in [0.4, 0.5) is 5.69 Å². The number of nitrogens with one attached hydrogen (secondary N) is 2. The average molecular weight is 247 g/mol. The Bertz CT molecular complexity index is 436. The van der Waals surface area contributed by atoms with E-state index in [2.05, 4.69) is 10.6 Å². The van der Waals surface area contributed by atoms with E-state index in [4.69, 9.17) is 5.73 Å². The van der Waals surface area contributed by atoms with Gasteiger partial charge in [-0.2, -0.15) is 0 Å². The monoisotopic (exact) mass is 247 g/mol. The van der Waals surface area contributed by atoms with Crippen molar-refractivity contribution in [3.05, 3.63) is 29.8 Å². The molecular formula is C13H17N3O2. The summed E-state index contributed by atoms with van der Waals surface area (Å²) in [6.45, 7) is 0.991. The van der Waals surface area contributed by atoms with Crippen LogP contribution in [0.5, 0.6) is 0 Å². The van der Waals surface area contributed by atoms with Crippen molar-refractivity contribution in [2.45, 2.75) is 25.3 Å². The van der Waals surface area contributed by atoms with Gasteiger partial charge in [0.15, 0.2) is 0 Å². The van der Waals surface area contributed by atoms with Crippen molar-refractivity contribution in [1.82, 2.24) is 5.32 Å². The summed E-state index contributed by atoms with van der Waals surface area (Å²) in [4.78, 5) is 22.6. The third-order valence-corrected chi connectivity index (χ3v) is 3.05. The SMILES string of the molecule is NC(=O)c1ccc(NC(=O)CC2CCCN2)cc1. The largest absolute Gasteiger partial charge is 0.366 e. The van der Waals surface area contributed by atoms with Crippen LogP contribution in [-0.4, -0.2) is 24.4 Å². The van der Waals surface area contributed by atoms with E-state index in [9.17, 15) is 9.59 Å². The van der Waals surface area contributed by atoms with Gasteiger partial charge in [0.2, 0.25) is 11.8 Å². The molecule has 1 aromatic carbocycles. The highest BCUT2D eigenvalue weighted by atomic mass is 16.2. The van der Waals surface area contributed by atoms with E-state index in [0.717, 1.165) is 19.4 Å². The maximum Gasteiger partial charge on any atom is 0.248 e. The molecule has 5 heteroatoms. The molecule has 2 amide bonds. The van der Waals surface area contributed by atoms with Gasteiger partial charge in [0, 0.05) is 23.7 Å². The lowest BCUT2D eigenvalue weighted by Crippen LogP contribution is -2.27. The summed E-state index contributed by atoms with van der Waals surface area (Å²) < 4.78 is 0. The zero-order chi connectivity index (χ0) is 13.0. The van der Waals surface area contributed by atoms with Gasteiger partial charge in [-0.3, -0.25) is 9.59 Å². The summed E-state index contributed by atoms with van der Waals surface area (Å²) in [6.07, 6.45) is 2.66. The molecule has 4 N–H and O–H groups in total. The van der Waals surface area contributed by atoms with E-state index < -0.39 is 5.91 Å². The predicted octanol–water partition coefficient (Wildman–Crippen LogP) is 0.866. The molecule has 0 aromatic heterocycles. The first kappa shape index (κ1) is 12.6. The van der Waals surface area contributed by atoms with Gasteiger partial charge in [0.25, 0.3) is 0 Å². The van der Waals surface area contributed by atoms with Gasteiger partial charge in [-0.15, -0.1) is 0 Å². The predicted molar refractivity (Wildman–Crippen MR) is 69.2 cm³/mol. The summed E-state index contributed by atoms with van der Waals surface area (Å²) in [5.74, 6) is -0.482. The van der Waals surface area contributed by atoms with E-state index in [1.165, 1.54) is 0 Å². The highest BCUT2D eigenvalue weighted by Gasteiger charge is 2.17. The summed E-state index contributed by atoms with van der Waals surface area (Å²) in [7, 11) is 0. The fraction of sp³-hybridized carbons (Fsp3) is 0.385. The van der Waals surface area contributed by atoms with Gasteiger partial charge in [0.05, 0.1) is 0 Å². The number of nitrogens with two attached hydrogens (primary N) is 1. The lowest BCUT2D eigenvalue weighted by atomic mass is 10.1. The second kappa shape index (κ2) is 5.64. The van der Waals surface area contributed by atoms with Crippen LogP contribution in [0.1, 0.15) is 29.6 Å². The Kier molecular flexibility index (Phi) is 3.94. The number of hydrogen-bond donors (Lipinski definition) is 3. The van der Waals surface area contributed by atoms with Crippen molar-refractivity contribution >= 4 is 17.5 Å². The molecular weight excluding hydrogens is 230 g/mol. The first-order valence-electron chi connectivity index (χ1n) is 6.08. The Hall–Kier alpha value is -1.88. The lowest BCUT2D eigenvalue weighted by molar-refractivity contribution is -0.116. The first-order chi connectivity index (χ1) is 8.65. The third-order valence-electron chi connectivity index (χ3n) is 3.05. The molecule has 1 fully saturated rings. The fourth-order valence-electron chi connectivity index (χ4n) is 2.08. The molecule has 0 aliphatic carbocycles. The Labute approximate surface area is 106 Å². The second-order valence-corrected chi connectivity index (χ2v) is 4.49. The van der Waals surface area contributed by atoms with Crippen LogP contribution in [0.25, 0.3) is 0 Å². The van der Waals surface area contributed by atoms with Gasteiger partial charge in [-0.1, -0.05) is 0 Å². The minimum absolute atomic E-state index is 0.0128. The number of amides is 2. The van der Waals surface area contributed by atoms with E-state index in [1.54, 1.807) is 24.3 Å². The summed E-state index contributed by atoms with van der Waals surface area (Å²) in [5.41, 5.74) is 6.26. The number of rotatable bonds is 4. The second-order valence-electron chi connectivity index (χ2n) is 4.49. The van der Waals surface area contributed by atoms with Crippen molar-refractivity contribution in [2.75, 3.05) is 11.9 Å². The van der Waals surface area contributed by atoms with Gasteiger partial charge >= 0.3 is 0 Å². The minimum Gasteiger partial charge on any atom is -0.366 e. The smallest absolute Gasteiger partial charge is 0.248 e. The zero-order valence-corrected chi connectivity index (χ0v) is 10.1. The quantitative estimate of drug-likeness (QED) is 0.738. The molecule has 1 saturated heterocycles. The van der Waals surface area contributed by atoms with Crippen molar-refractivity contribution < 1.29 is 9.59 Å². The van der Waals surface area contributed by atoms with Crippen LogP contribution in [0.15, 0.2) is 24.3 Å². The molecule has 1 atom stereocenters. The molecule has 0 bridgehead atoms. The van der Waals surface area contributed by atoms with Crippen molar-refractivity contribution in [1.29, 1.82) is 0 Å². The fourth-order valence-corrected chi connectivity index (χ4v) is 2.08. The molecule has 5 nitrogen and oxygen atoms in total. The van der Waals surface area contributed by atoms with Crippen LogP contribution < -0.4 is 16.4 Å². The van der Waals surface area contributed by atoms with E-state index in [-0.39, 0.29) is 11.9 Å². The van der Waals surface area contributed by atoms with E-state index in [0.29, 0.717) is 17.7 Å². The Morgan fingerprint density at radius 2 is 2.06 bits per heavy atom. The Morgan fingerprint density at radius 3 is 2.61 bits per heavy atom. The highest BCUT2D eigenvalue weighted by Crippen LogP contribution is 2.12. The molecule has 96 valence electrons. The van der Waals surface area contributed by atoms with Crippen molar-refractivity contribution in [3.63, 3.8) is 0 Å². The first-order valence-corrected chi connectivity index (χ1v) is 6.08. The number of carbonyl (C=O) groups is 2. The summed E-state index contributed by atoms with van der Waals surface area (Å²) in [5, 5.41) is 6.08. The van der Waals surface area contributed by atoms with Crippen LogP contribution in [0.2, 0.25) is 0 Å². The lowest BCUT2D eigenvalue weighted by Gasteiger charge is -2.10. The number of benzene rings is 1. The molecule has 1 aromatic rings. The van der Waals surface area contributed by atoms with Gasteiger partial charge in [-0.25, -0.2) is 0 Å². The van der Waals surface area contributed by atoms with Crippen LogP contribution in [-0.2, 0) is 4.79 Å². The Balaban J connectivity index is 1.88. The van der Waals surface area contributed by atoms with Crippen LogP contribution >= 0.6 is 0 Å². The standard InChI is InChI=1S/C13H17N3O2/c14-13(18)9-3-5-10(6-4-9)16-12(17)8-11-2-1-7-15-11/h3-6,11,15H,1-2,7-8H2,(H2,14,18)(H,16,17). The van der Waals surface area contributed by atoms with Crippen LogP contribution in [0, 0.1) is 0 Å². The highest BCUT2D eigenvalue weighted by molar-refractivity contribution is 5.94. The molecule has 18 heavy (non-hydrogen) atoms. The van der Waals surface area contributed by atoms with Gasteiger partial charge < -0.3 is 16.4 Å². The average Bonchev–Trinajstić information content (AvgIpc) is 2.82. The minimum atomic E-state index is -0.469. The number of hydrogen-bond acceptors (Lipinski definition) is 3. The maximum absolute atomic E-state index is 11.7. The summed E-state index contributed by atoms with van der Waals surface area (Å²) in [6, 6.07) is 6.85. The number of carbonyl (C=O) groups excluding carboxylic acids is 2. The molecule has 2 rings (SSSR count). The molecule has 1 aliphatic rings. The molecule has 0 radical (unpaired) electrons. The topological polar surface area (TPSA) is 84.2 Å². The molecule has 1 aliphatic heterocycles. The third kappa shape index (κ3) is 3.30. The van der Waals surface area contributed by atoms with Gasteiger partial charge in [0.1, 0.15) is 0 Å². The zero-order valence-electron chi connectivity index (χ0n) is 10.1. The number of anilines is 1.